The first-order valence-corrected chi connectivity index (χ1v) is 12.3. The number of nitrogens with zero attached hydrogens (tertiary/aromatic N) is 2. The van der Waals surface area contributed by atoms with Gasteiger partial charge in [0.05, 0.1) is 42.7 Å². The van der Waals surface area contributed by atoms with Crippen LogP contribution in [0.1, 0.15) is 37.9 Å². The molecule has 0 saturated heterocycles. The van der Waals surface area contributed by atoms with Crippen molar-refractivity contribution in [3.63, 3.8) is 0 Å². The fourth-order valence-corrected chi connectivity index (χ4v) is 5.11. The van der Waals surface area contributed by atoms with Gasteiger partial charge in [0.2, 0.25) is 0 Å². The molecule has 2 heterocycles. The quantitative estimate of drug-likeness (QED) is 0.347. The summed E-state index contributed by atoms with van der Waals surface area (Å²) in [5, 5.41) is 0. The molecule has 1 aromatic heterocycles. The van der Waals surface area contributed by atoms with Crippen LogP contribution in [0, 0.1) is 0 Å². The van der Waals surface area contributed by atoms with E-state index in [0.29, 0.717) is 50.0 Å². The standard InChI is InChI=1S/C27H26N2O7S/c1-6-35-21-13-17(7-12-20(21)36-16(3)30)14-22-25(31)29-24(18-8-10-19(33-4)11-9-18)23(26(32)34-5)15(2)28-27(29)37-22/h7-14,24H,6H2,1-5H3/b22-14+/t24-/m0/s1. The van der Waals surface area contributed by atoms with Gasteiger partial charge < -0.3 is 18.9 Å². The summed E-state index contributed by atoms with van der Waals surface area (Å²) in [5.74, 6) is 0.319. The number of carbonyl (C=O) groups is 2. The molecule has 1 aliphatic heterocycles. The minimum atomic E-state index is -0.720. The lowest BCUT2D eigenvalue weighted by Crippen LogP contribution is -2.39. The molecular formula is C27H26N2O7S. The molecule has 2 aromatic carbocycles. The second-order valence-electron chi connectivity index (χ2n) is 8.08. The molecule has 9 nitrogen and oxygen atoms in total. The highest BCUT2D eigenvalue weighted by atomic mass is 32.1. The fourth-order valence-electron chi connectivity index (χ4n) is 4.07. The fraction of sp³-hybridized carbons (Fsp3) is 0.259. The number of carbonyl (C=O) groups excluding carboxylic acids is 2. The van der Waals surface area contributed by atoms with Gasteiger partial charge in [-0.05, 0) is 55.3 Å². The van der Waals surface area contributed by atoms with Crippen LogP contribution in [0.25, 0.3) is 6.08 Å². The highest BCUT2D eigenvalue weighted by molar-refractivity contribution is 7.07. The van der Waals surface area contributed by atoms with Crippen LogP contribution >= 0.6 is 11.3 Å². The Balaban J connectivity index is 1.88. The monoisotopic (exact) mass is 522 g/mol. The zero-order chi connectivity index (χ0) is 26.7. The number of benzene rings is 2. The number of allylic oxidation sites excluding steroid dienone is 1. The third kappa shape index (κ3) is 5.19. The molecule has 192 valence electrons. The van der Waals surface area contributed by atoms with E-state index in [1.165, 1.54) is 29.9 Å². The molecule has 0 saturated carbocycles. The van der Waals surface area contributed by atoms with E-state index in [4.69, 9.17) is 18.9 Å². The smallest absolute Gasteiger partial charge is 0.338 e. The molecule has 0 spiro atoms. The Hall–Kier alpha value is -4.18. The summed E-state index contributed by atoms with van der Waals surface area (Å²) in [7, 11) is 2.87. The number of fused-ring (bicyclic) bond motifs is 1. The van der Waals surface area contributed by atoms with Gasteiger partial charge in [0.25, 0.3) is 5.56 Å². The Morgan fingerprint density at radius 2 is 1.84 bits per heavy atom. The maximum absolute atomic E-state index is 13.7. The van der Waals surface area contributed by atoms with Crippen molar-refractivity contribution in [3.8, 4) is 17.2 Å². The lowest BCUT2D eigenvalue weighted by atomic mass is 9.96. The minimum absolute atomic E-state index is 0.288. The lowest BCUT2D eigenvalue weighted by molar-refractivity contribution is -0.136. The molecule has 0 fully saturated rings. The molecule has 3 aromatic rings. The number of methoxy groups -OCH3 is 2. The van der Waals surface area contributed by atoms with Gasteiger partial charge >= 0.3 is 11.9 Å². The first kappa shape index (κ1) is 25.9. The predicted octanol–water partition coefficient (Wildman–Crippen LogP) is 2.74. The minimum Gasteiger partial charge on any atom is -0.497 e. The van der Waals surface area contributed by atoms with E-state index in [2.05, 4.69) is 4.99 Å². The van der Waals surface area contributed by atoms with Crippen molar-refractivity contribution in [2.75, 3.05) is 20.8 Å². The van der Waals surface area contributed by atoms with E-state index in [-0.39, 0.29) is 11.1 Å². The molecule has 0 bridgehead atoms. The molecule has 0 aliphatic carbocycles. The van der Waals surface area contributed by atoms with E-state index in [1.54, 1.807) is 50.4 Å². The number of rotatable bonds is 7. The summed E-state index contributed by atoms with van der Waals surface area (Å²) in [4.78, 5) is 42.9. The zero-order valence-electron chi connectivity index (χ0n) is 21.1. The van der Waals surface area contributed by atoms with Crippen molar-refractivity contribution in [3.05, 3.63) is 84.5 Å². The Labute approximate surface area is 216 Å². The first-order valence-electron chi connectivity index (χ1n) is 11.5. The SMILES string of the molecule is CCOc1cc(/C=c2/sc3n(c2=O)[C@@H](c2ccc(OC)cc2)C(C(=O)OC)=C(C)N=3)ccc1OC(C)=O. The maximum Gasteiger partial charge on any atom is 0.338 e. The number of esters is 2. The summed E-state index contributed by atoms with van der Waals surface area (Å²) in [6.07, 6.45) is 1.71. The Morgan fingerprint density at radius 1 is 1.11 bits per heavy atom. The van der Waals surface area contributed by atoms with Crippen LogP contribution in [0.3, 0.4) is 0 Å². The summed E-state index contributed by atoms with van der Waals surface area (Å²) in [6.45, 7) is 5.23. The largest absolute Gasteiger partial charge is 0.497 e. The summed E-state index contributed by atoms with van der Waals surface area (Å²) in [6, 6.07) is 11.5. The molecule has 1 aliphatic rings. The van der Waals surface area contributed by atoms with Gasteiger partial charge in [-0.15, -0.1) is 0 Å². The third-order valence-electron chi connectivity index (χ3n) is 5.68. The average molecular weight is 523 g/mol. The number of hydrogen-bond acceptors (Lipinski definition) is 9. The van der Waals surface area contributed by atoms with Crippen LogP contribution in [-0.4, -0.2) is 37.3 Å². The van der Waals surface area contributed by atoms with Crippen LogP contribution < -0.4 is 29.1 Å². The molecule has 0 unspecified atom stereocenters. The van der Waals surface area contributed by atoms with E-state index in [1.807, 2.05) is 19.1 Å². The van der Waals surface area contributed by atoms with Gasteiger partial charge in [0.15, 0.2) is 16.3 Å². The molecule has 0 radical (unpaired) electrons. The highest BCUT2D eigenvalue weighted by Crippen LogP contribution is 2.32. The van der Waals surface area contributed by atoms with Gasteiger partial charge in [-0.2, -0.15) is 0 Å². The molecule has 0 N–H and O–H groups in total. The predicted molar refractivity (Wildman–Crippen MR) is 138 cm³/mol. The van der Waals surface area contributed by atoms with E-state index in [0.717, 1.165) is 0 Å². The van der Waals surface area contributed by atoms with E-state index in [9.17, 15) is 14.4 Å². The zero-order valence-corrected chi connectivity index (χ0v) is 21.9. The van der Waals surface area contributed by atoms with Crippen LogP contribution in [0.2, 0.25) is 0 Å². The second-order valence-corrected chi connectivity index (χ2v) is 9.09. The van der Waals surface area contributed by atoms with Crippen LogP contribution in [-0.2, 0) is 14.3 Å². The van der Waals surface area contributed by atoms with Crippen molar-refractivity contribution in [1.29, 1.82) is 0 Å². The third-order valence-corrected chi connectivity index (χ3v) is 6.66. The van der Waals surface area contributed by atoms with Gasteiger partial charge in [-0.1, -0.05) is 29.5 Å². The summed E-state index contributed by atoms with van der Waals surface area (Å²) in [5.41, 5.74) is 1.85. The first-order chi connectivity index (χ1) is 17.8. The number of aromatic nitrogens is 1. The molecule has 4 rings (SSSR count). The van der Waals surface area contributed by atoms with E-state index < -0.39 is 18.0 Å². The van der Waals surface area contributed by atoms with Gasteiger partial charge in [-0.25, -0.2) is 9.79 Å². The van der Waals surface area contributed by atoms with Gasteiger partial charge in [-0.3, -0.25) is 14.2 Å². The second kappa shape index (κ2) is 10.8. The van der Waals surface area contributed by atoms with Crippen molar-refractivity contribution in [2.45, 2.75) is 26.8 Å². The normalized spacial score (nSPS) is 15.1. The van der Waals surface area contributed by atoms with Crippen molar-refractivity contribution < 1.29 is 28.5 Å². The highest BCUT2D eigenvalue weighted by Gasteiger charge is 2.33. The number of hydrogen-bond donors (Lipinski definition) is 0. The topological polar surface area (TPSA) is 105 Å². The molecular weight excluding hydrogens is 496 g/mol. The number of thiazole rings is 1. The van der Waals surface area contributed by atoms with Gasteiger partial charge in [0.1, 0.15) is 5.75 Å². The Bertz CT molecular complexity index is 1570. The molecule has 0 amide bonds. The molecule has 37 heavy (non-hydrogen) atoms. The van der Waals surface area contributed by atoms with Crippen molar-refractivity contribution in [2.24, 2.45) is 4.99 Å². The number of ether oxygens (including phenoxy) is 4. The summed E-state index contributed by atoms with van der Waals surface area (Å²) >= 11 is 1.21. The lowest BCUT2D eigenvalue weighted by Gasteiger charge is -2.24. The Kier molecular flexibility index (Phi) is 7.58. The Morgan fingerprint density at radius 3 is 2.46 bits per heavy atom. The van der Waals surface area contributed by atoms with Crippen LogP contribution in [0.4, 0.5) is 0 Å². The van der Waals surface area contributed by atoms with E-state index >= 15 is 0 Å². The summed E-state index contributed by atoms with van der Waals surface area (Å²) < 4.78 is 23.1. The van der Waals surface area contributed by atoms with Crippen LogP contribution in [0.15, 0.2) is 63.5 Å². The maximum atomic E-state index is 13.7. The van der Waals surface area contributed by atoms with Gasteiger partial charge in [0, 0.05) is 6.92 Å². The molecule has 1 atom stereocenters. The van der Waals surface area contributed by atoms with Crippen LogP contribution in [0.5, 0.6) is 17.2 Å². The molecule has 10 heteroatoms. The average Bonchev–Trinajstić information content (AvgIpc) is 3.18. The van der Waals surface area contributed by atoms with Crippen molar-refractivity contribution >= 4 is 29.4 Å². The van der Waals surface area contributed by atoms with Crippen molar-refractivity contribution in [1.82, 2.24) is 4.57 Å².